The van der Waals surface area contributed by atoms with Crippen LogP contribution < -0.4 is 51.4 Å². The van der Waals surface area contributed by atoms with Crippen molar-refractivity contribution in [3.8, 4) is 0 Å². The van der Waals surface area contributed by atoms with Gasteiger partial charge in [0.25, 0.3) is 0 Å². The molecule has 0 aromatic carbocycles. The van der Waals surface area contributed by atoms with Gasteiger partial charge in [0.05, 0.1) is 7.11 Å². The van der Waals surface area contributed by atoms with E-state index in [2.05, 4.69) is 16.4 Å². The third kappa shape index (κ3) is 6.81. The molecule has 0 saturated carbocycles. The fraction of sp³-hybridized carbons (Fsp3) is 0.250. The largest absolute Gasteiger partial charge is 1.00 e. The molecule has 0 N–H and O–H groups in total. The minimum absolute atomic E-state index is 0. The van der Waals surface area contributed by atoms with E-state index in [0.29, 0.717) is 0 Å². The van der Waals surface area contributed by atoms with E-state index in [1.807, 2.05) is 0 Å². The molecule has 0 atom stereocenters. The van der Waals surface area contributed by atoms with Crippen LogP contribution in [0.5, 0.6) is 0 Å². The van der Waals surface area contributed by atoms with E-state index in [4.69, 9.17) is 0 Å². The van der Waals surface area contributed by atoms with Gasteiger partial charge in [-0.1, -0.05) is 6.58 Å². The monoisotopic (exact) mass is 142 g/mol. The minimum Gasteiger partial charge on any atom is -1.00 e. The van der Waals surface area contributed by atoms with Gasteiger partial charge in [0.15, 0.2) is 0 Å². The Morgan fingerprint density at radius 2 is 2.38 bits per heavy atom. The molecular formula is C4H7KO3. The Kier molecular flexibility index (Phi) is 11.3. The van der Waals surface area contributed by atoms with E-state index in [1.54, 1.807) is 0 Å². The first kappa shape index (κ1) is 11.6. The van der Waals surface area contributed by atoms with Crippen molar-refractivity contribution in [3.63, 3.8) is 0 Å². The summed E-state index contributed by atoms with van der Waals surface area (Å²) in [4.78, 5) is 17.9. The molecule has 0 bridgehead atoms. The molecule has 0 radical (unpaired) electrons. The molecule has 0 aromatic heterocycles. The molecule has 0 rings (SSSR count). The first-order valence-electron chi connectivity index (χ1n) is 1.68. The molecular weight excluding hydrogens is 135 g/mol. The van der Waals surface area contributed by atoms with Crippen molar-refractivity contribution in [2.45, 2.75) is 0 Å². The molecule has 0 aliphatic heterocycles. The summed E-state index contributed by atoms with van der Waals surface area (Å²) in [6.07, 6.45) is 1.02. The Balaban J connectivity index is -0.000000180. The van der Waals surface area contributed by atoms with E-state index in [0.717, 1.165) is 6.08 Å². The summed E-state index contributed by atoms with van der Waals surface area (Å²) in [6.45, 7) is 3.12. The molecule has 42 valence electrons. The first-order valence-corrected chi connectivity index (χ1v) is 1.68. The van der Waals surface area contributed by atoms with Crippen molar-refractivity contribution in [3.05, 3.63) is 12.7 Å². The predicted octanol–water partition coefficient (Wildman–Crippen LogP) is -2.61. The van der Waals surface area contributed by atoms with Gasteiger partial charge in [-0.25, -0.2) is 4.79 Å². The Bertz CT molecular complexity index is 85.9. The first-order chi connectivity index (χ1) is 3.31. The second-order valence-electron chi connectivity index (χ2n) is 0.773. The average molecular weight is 142 g/mol. The molecule has 0 fully saturated rings. The zero-order chi connectivity index (χ0) is 5.70. The Morgan fingerprint density at radius 1 is 1.88 bits per heavy atom. The molecule has 0 aliphatic carbocycles. The van der Waals surface area contributed by atoms with Crippen LogP contribution in [0, 0.1) is 0 Å². The van der Waals surface area contributed by atoms with Crippen molar-refractivity contribution in [2.75, 3.05) is 7.11 Å². The van der Waals surface area contributed by atoms with E-state index >= 15 is 0 Å². The zero-order valence-corrected chi connectivity index (χ0v) is 8.13. The van der Waals surface area contributed by atoms with Crippen LogP contribution in [0.4, 0.5) is 0 Å². The summed E-state index contributed by atoms with van der Waals surface area (Å²) in [7, 11) is 1.25. The Labute approximate surface area is 91.9 Å². The van der Waals surface area contributed by atoms with E-state index in [1.165, 1.54) is 7.11 Å². The van der Waals surface area contributed by atoms with Gasteiger partial charge in [-0.15, -0.1) is 0 Å². The number of hydrogen-bond acceptors (Lipinski definition) is 3. The third-order valence-corrected chi connectivity index (χ3v) is 0.332. The van der Waals surface area contributed by atoms with Gasteiger partial charge in [-0.05, 0) is 0 Å². The maximum Gasteiger partial charge on any atom is 1.00 e. The van der Waals surface area contributed by atoms with Crippen LogP contribution in [-0.2, 0) is 14.6 Å². The maximum absolute atomic E-state index is 9.95. The van der Waals surface area contributed by atoms with Crippen molar-refractivity contribution < 1.29 is 67.4 Å². The van der Waals surface area contributed by atoms with Gasteiger partial charge < -0.3 is 1.43 Å². The van der Waals surface area contributed by atoms with Crippen molar-refractivity contribution >= 4 is 5.97 Å². The third-order valence-electron chi connectivity index (χ3n) is 0.332. The molecule has 0 aliphatic rings. The topological polar surface area (TPSA) is 35.5 Å². The molecule has 0 unspecified atom stereocenters. The van der Waals surface area contributed by atoms with E-state index in [9.17, 15) is 4.79 Å². The summed E-state index contributed by atoms with van der Waals surface area (Å²) >= 11 is 0. The minimum atomic E-state index is -0.581. The zero-order valence-electron chi connectivity index (χ0n) is 6.01. The van der Waals surface area contributed by atoms with Gasteiger partial charge >= 0.3 is 57.4 Å². The Morgan fingerprint density at radius 3 is 2.50 bits per heavy atom. The molecule has 0 amide bonds. The normalized spacial score (nSPS) is 6.62. The summed E-state index contributed by atoms with van der Waals surface area (Å²) in [5.41, 5.74) is 0. The number of hydrogen-bond donors (Lipinski definition) is 0. The quantitative estimate of drug-likeness (QED) is 0.183. The van der Waals surface area contributed by atoms with Gasteiger partial charge in [0.1, 0.15) is 0 Å². The van der Waals surface area contributed by atoms with Gasteiger partial charge in [0, 0.05) is 6.08 Å². The van der Waals surface area contributed by atoms with Gasteiger partial charge in [0.2, 0.25) is 0 Å². The van der Waals surface area contributed by atoms with Crippen LogP contribution in [0.25, 0.3) is 0 Å². The van der Waals surface area contributed by atoms with Gasteiger partial charge in [-0.2, -0.15) is 4.89 Å². The van der Waals surface area contributed by atoms with Gasteiger partial charge in [-0.3, -0.25) is 4.89 Å². The smallest absolute Gasteiger partial charge is 1.00 e. The van der Waals surface area contributed by atoms with E-state index < -0.39 is 5.97 Å². The van der Waals surface area contributed by atoms with Crippen LogP contribution >= 0.6 is 0 Å². The molecule has 0 saturated heterocycles. The predicted molar refractivity (Wildman–Crippen MR) is 24.4 cm³/mol. The molecule has 0 heterocycles. The van der Waals surface area contributed by atoms with Crippen LogP contribution in [-0.4, -0.2) is 13.1 Å². The number of rotatable bonds is 2. The fourth-order valence-electron chi connectivity index (χ4n) is 0.116. The summed E-state index contributed by atoms with van der Waals surface area (Å²) in [5, 5.41) is 0. The van der Waals surface area contributed by atoms with Crippen molar-refractivity contribution in [2.24, 2.45) is 0 Å². The average Bonchev–Trinajstić information content (AvgIpc) is 1.68. The number of carbonyl (C=O) groups is 1. The second-order valence-corrected chi connectivity index (χ2v) is 0.773. The molecule has 3 nitrogen and oxygen atoms in total. The summed E-state index contributed by atoms with van der Waals surface area (Å²) < 4.78 is 0. The SMILES string of the molecule is C=CC(=O)OOC.[H-].[K+]. The van der Waals surface area contributed by atoms with Crippen LogP contribution in [0.2, 0.25) is 0 Å². The summed E-state index contributed by atoms with van der Waals surface area (Å²) in [6, 6.07) is 0. The maximum atomic E-state index is 9.95. The van der Waals surface area contributed by atoms with Crippen LogP contribution in [0.3, 0.4) is 0 Å². The fourth-order valence-corrected chi connectivity index (χ4v) is 0.116. The van der Waals surface area contributed by atoms with Crippen LogP contribution in [0.15, 0.2) is 12.7 Å². The van der Waals surface area contributed by atoms with Crippen molar-refractivity contribution in [1.82, 2.24) is 0 Å². The number of carbonyl (C=O) groups excluding carboxylic acids is 1. The van der Waals surface area contributed by atoms with Crippen LogP contribution in [0.1, 0.15) is 1.43 Å². The molecule has 4 heteroatoms. The van der Waals surface area contributed by atoms with E-state index in [-0.39, 0.29) is 52.8 Å². The Hall–Kier alpha value is 0.806. The molecule has 8 heavy (non-hydrogen) atoms. The van der Waals surface area contributed by atoms with Crippen molar-refractivity contribution in [1.29, 1.82) is 0 Å². The molecule has 0 spiro atoms. The standard InChI is InChI=1S/C4H6O3.K.H/c1-3-4(5)7-6-2;;/h3H,1H2,2H3;;/q;+1;-1. The summed E-state index contributed by atoms with van der Waals surface area (Å²) in [5.74, 6) is -0.581. The molecule has 0 aromatic rings. The second kappa shape index (κ2) is 7.81.